The molecule has 1 heterocycles. The standard InChI is InChI=1S/C9H11ClFNO/c1-13-6-7(10)4-9-3-2-8(11)5-12-9/h2-3,5,7H,4,6H2,1H3. The molecule has 0 aliphatic rings. The van der Waals surface area contributed by atoms with E-state index >= 15 is 0 Å². The minimum absolute atomic E-state index is 0.108. The summed E-state index contributed by atoms with van der Waals surface area (Å²) in [6, 6.07) is 3.00. The number of ether oxygens (including phenoxy) is 1. The first kappa shape index (κ1) is 10.4. The van der Waals surface area contributed by atoms with Crippen molar-refractivity contribution in [1.29, 1.82) is 0 Å². The van der Waals surface area contributed by atoms with Gasteiger partial charge in [0.05, 0.1) is 18.2 Å². The fourth-order valence-corrected chi connectivity index (χ4v) is 1.28. The summed E-state index contributed by atoms with van der Waals surface area (Å²) in [6.45, 7) is 0.473. The van der Waals surface area contributed by atoms with E-state index in [-0.39, 0.29) is 11.2 Å². The van der Waals surface area contributed by atoms with Gasteiger partial charge in [0.25, 0.3) is 0 Å². The van der Waals surface area contributed by atoms with Crippen LogP contribution in [0.15, 0.2) is 18.3 Å². The van der Waals surface area contributed by atoms with E-state index in [4.69, 9.17) is 16.3 Å². The molecule has 1 atom stereocenters. The third-order valence-electron chi connectivity index (χ3n) is 1.57. The van der Waals surface area contributed by atoms with Crippen molar-refractivity contribution in [2.75, 3.05) is 13.7 Å². The number of rotatable bonds is 4. The summed E-state index contributed by atoms with van der Waals surface area (Å²) in [6.07, 6.45) is 1.78. The number of alkyl halides is 1. The van der Waals surface area contributed by atoms with Crippen molar-refractivity contribution < 1.29 is 9.13 Å². The number of aromatic nitrogens is 1. The Balaban J connectivity index is 2.49. The highest BCUT2D eigenvalue weighted by Crippen LogP contribution is 2.06. The topological polar surface area (TPSA) is 22.1 Å². The van der Waals surface area contributed by atoms with Gasteiger partial charge < -0.3 is 4.74 Å². The molecule has 0 N–H and O–H groups in total. The normalized spacial score (nSPS) is 12.8. The van der Waals surface area contributed by atoms with Crippen LogP contribution in [0, 0.1) is 5.82 Å². The van der Waals surface area contributed by atoms with Crippen LogP contribution in [0.2, 0.25) is 0 Å². The Labute approximate surface area is 81.7 Å². The van der Waals surface area contributed by atoms with Crippen LogP contribution in [-0.2, 0) is 11.2 Å². The van der Waals surface area contributed by atoms with Gasteiger partial charge in [0.2, 0.25) is 0 Å². The molecule has 0 amide bonds. The van der Waals surface area contributed by atoms with E-state index < -0.39 is 0 Å². The maximum Gasteiger partial charge on any atom is 0.141 e. The highest BCUT2D eigenvalue weighted by Gasteiger charge is 2.06. The summed E-state index contributed by atoms with van der Waals surface area (Å²) in [5, 5.41) is -0.108. The van der Waals surface area contributed by atoms with Crippen LogP contribution >= 0.6 is 11.6 Å². The summed E-state index contributed by atoms with van der Waals surface area (Å²) in [5.41, 5.74) is 0.776. The van der Waals surface area contributed by atoms with Gasteiger partial charge in [0, 0.05) is 19.2 Å². The minimum atomic E-state index is -0.332. The number of hydrogen-bond donors (Lipinski definition) is 0. The summed E-state index contributed by atoms with van der Waals surface area (Å²) in [4.78, 5) is 3.89. The van der Waals surface area contributed by atoms with Crippen molar-refractivity contribution in [3.63, 3.8) is 0 Å². The van der Waals surface area contributed by atoms with Gasteiger partial charge in [-0.05, 0) is 12.1 Å². The fraction of sp³-hybridized carbons (Fsp3) is 0.444. The first-order valence-electron chi connectivity index (χ1n) is 3.96. The quantitative estimate of drug-likeness (QED) is 0.699. The zero-order valence-corrected chi connectivity index (χ0v) is 8.09. The van der Waals surface area contributed by atoms with E-state index in [0.29, 0.717) is 13.0 Å². The first-order valence-corrected chi connectivity index (χ1v) is 4.39. The minimum Gasteiger partial charge on any atom is -0.383 e. The van der Waals surface area contributed by atoms with E-state index in [1.165, 1.54) is 12.3 Å². The Morgan fingerprint density at radius 2 is 2.38 bits per heavy atom. The average Bonchev–Trinajstić information content (AvgIpc) is 2.09. The molecule has 4 heteroatoms. The van der Waals surface area contributed by atoms with Crippen molar-refractivity contribution in [2.45, 2.75) is 11.8 Å². The van der Waals surface area contributed by atoms with E-state index in [2.05, 4.69) is 4.98 Å². The second-order valence-corrected chi connectivity index (χ2v) is 3.34. The molecule has 0 aliphatic heterocycles. The van der Waals surface area contributed by atoms with E-state index in [0.717, 1.165) is 5.69 Å². The Morgan fingerprint density at radius 1 is 1.62 bits per heavy atom. The van der Waals surface area contributed by atoms with Crippen LogP contribution in [0.4, 0.5) is 4.39 Å². The third-order valence-corrected chi connectivity index (χ3v) is 1.85. The number of pyridine rings is 1. The molecule has 1 unspecified atom stereocenters. The lowest BCUT2D eigenvalue weighted by atomic mass is 10.2. The molecular weight excluding hydrogens is 193 g/mol. The van der Waals surface area contributed by atoms with Gasteiger partial charge in [0.15, 0.2) is 0 Å². The molecule has 1 aromatic heterocycles. The zero-order valence-electron chi connectivity index (χ0n) is 7.34. The van der Waals surface area contributed by atoms with Gasteiger partial charge in [-0.3, -0.25) is 4.98 Å². The number of halogens is 2. The Hall–Kier alpha value is -0.670. The molecule has 0 radical (unpaired) electrons. The summed E-state index contributed by atoms with van der Waals surface area (Å²) in [7, 11) is 1.59. The Bertz CT molecular complexity index is 252. The summed E-state index contributed by atoms with van der Waals surface area (Å²) >= 11 is 5.90. The predicted octanol–water partition coefficient (Wildman–Crippen LogP) is 2.02. The molecule has 1 aromatic rings. The molecule has 0 saturated heterocycles. The van der Waals surface area contributed by atoms with Crippen molar-refractivity contribution in [2.24, 2.45) is 0 Å². The largest absolute Gasteiger partial charge is 0.383 e. The van der Waals surface area contributed by atoms with Crippen molar-refractivity contribution in [3.8, 4) is 0 Å². The lowest BCUT2D eigenvalue weighted by Crippen LogP contribution is -2.11. The Kier molecular flexibility index (Phi) is 4.12. The lowest BCUT2D eigenvalue weighted by molar-refractivity contribution is 0.197. The number of hydrogen-bond acceptors (Lipinski definition) is 2. The highest BCUT2D eigenvalue weighted by atomic mass is 35.5. The molecule has 13 heavy (non-hydrogen) atoms. The molecule has 0 aromatic carbocycles. The molecule has 72 valence electrons. The van der Waals surface area contributed by atoms with Crippen molar-refractivity contribution >= 4 is 11.6 Å². The van der Waals surface area contributed by atoms with Crippen LogP contribution in [0.25, 0.3) is 0 Å². The zero-order chi connectivity index (χ0) is 9.68. The van der Waals surface area contributed by atoms with Crippen LogP contribution in [0.3, 0.4) is 0 Å². The average molecular weight is 204 g/mol. The number of nitrogens with zero attached hydrogens (tertiary/aromatic N) is 1. The molecule has 0 spiro atoms. The van der Waals surface area contributed by atoms with Gasteiger partial charge >= 0.3 is 0 Å². The lowest BCUT2D eigenvalue weighted by Gasteiger charge is -2.06. The molecule has 1 rings (SSSR count). The van der Waals surface area contributed by atoms with Gasteiger partial charge in [-0.1, -0.05) is 0 Å². The molecule has 0 aliphatic carbocycles. The predicted molar refractivity (Wildman–Crippen MR) is 49.4 cm³/mol. The van der Waals surface area contributed by atoms with Gasteiger partial charge in [-0.15, -0.1) is 11.6 Å². The maximum atomic E-state index is 12.5. The smallest absolute Gasteiger partial charge is 0.141 e. The SMILES string of the molecule is COCC(Cl)Cc1ccc(F)cn1. The number of methoxy groups -OCH3 is 1. The fourth-order valence-electron chi connectivity index (χ4n) is 0.994. The molecular formula is C9H11ClFNO. The third kappa shape index (κ3) is 3.70. The molecule has 0 bridgehead atoms. The van der Waals surface area contributed by atoms with Gasteiger partial charge in [-0.2, -0.15) is 0 Å². The first-order chi connectivity index (χ1) is 6.22. The molecule has 2 nitrogen and oxygen atoms in total. The second-order valence-electron chi connectivity index (χ2n) is 2.72. The monoisotopic (exact) mass is 203 g/mol. The highest BCUT2D eigenvalue weighted by molar-refractivity contribution is 6.20. The van der Waals surface area contributed by atoms with Crippen molar-refractivity contribution in [1.82, 2.24) is 4.98 Å². The van der Waals surface area contributed by atoms with Crippen LogP contribution in [-0.4, -0.2) is 24.1 Å². The van der Waals surface area contributed by atoms with E-state index in [1.807, 2.05) is 0 Å². The second kappa shape index (κ2) is 5.14. The van der Waals surface area contributed by atoms with E-state index in [9.17, 15) is 4.39 Å². The van der Waals surface area contributed by atoms with Crippen LogP contribution in [0.1, 0.15) is 5.69 Å². The molecule has 0 saturated carbocycles. The van der Waals surface area contributed by atoms with Crippen LogP contribution in [0.5, 0.6) is 0 Å². The van der Waals surface area contributed by atoms with Gasteiger partial charge in [-0.25, -0.2) is 4.39 Å². The maximum absolute atomic E-state index is 12.5. The summed E-state index contributed by atoms with van der Waals surface area (Å²) < 4.78 is 17.3. The van der Waals surface area contributed by atoms with E-state index in [1.54, 1.807) is 13.2 Å². The van der Waals surface area contributed by atoms with Crippen LogP contribution < -0.4 is 0 Å². The van der Waals surface area contributed by atoms with Crippen molar-refractivity contribution in [3.05, 3.63) is 29.8 Å². The van der Waals surface area contributed by atoms with Gasteiger partial charge in [0.1, 0.15) is 5.82 Å². The Morgan fingerprint density at radius 3 is 2.92 bits per heavy atom. The summed E-state index contributed by atoms with van der Waals surface area (Å²) in [5.74, 6) is -0.332. The molecule has 0 fully saturated rings.